The van der Waals surface area contributed by atoms with Crippen molar-refractivity contribution in [3.05, 3.63) is 71.8 Å². The molecule has 3 rings (SSSR count). The van der Waals surface area contributed by atoms with Gasteiger partial charge in [0.2, 0.25) is 0 Å². The average Bonchev–Trinajstić information content (AvgIpc) is 2.76. The maximum atomic E-state index is 13.3. The standard InChI is InChI=1S/C17H19OP/c1-19(18)16(14-8-4-2-5-9-14)12-13-17(19)15-10-6-3-7-11-15/h2-11,16-17H,12-13H2,1H3/t16-,17-/m1/s1. The van der Waals surface area contributed by atoms with Gasteiger partial charge in [-0.2, -0.15) is 0 Å². The molecule has 98 valence electrons. The van der Waals surface area contributed by atoms with Gasteiger partial charge in [0.15, 0.2) is 0 Å². The summed E-state index contributed by atoms with van der Waals surface area (Å²) >= 11 is 0. The van der Waals surface area contributed by atoms with Crippen molar-refractivity contribution in [3.8, 4) is 0 Å². The Bertz CT molecular complexity index is 540. The van der Waals surface area contributed by atoms with Gasteiger partial charge in [0, 0.05) is 11.3 Å². The molecule has 2 aromatic rings. The van der Waals surface area contributed by atoms with Gasteiger partial charge in [-0.25, -0.2) is 0 Å². The molecule has 0 unspecified atom stereocenters. The average molecular weight is 270 g/mol. The molecular weight excluding hydrogens is 251 g/mol. The highest BCUT2D eigenvalue weighted by molar-refractivity contribution is 7.64. The van der Waals surface area contributed by atoms with Crippen LogP contribution in [0.1, 0.15) is 35.3 Å². The third kappa shape index (κ3) is 2.28. The normalized spacial score (nSPS) is 25.3. The van der Waals surface area contributed by atoms with E-state index in [0.717, 1.165) is 12.8 Å². The summed E-state index contributed by atoms with van der Waals surface area (Å²) in [5, 5.41) is 0. The van der Waals surface area contributed by atoms with E-state index in [2.05, 4.69) is 24.3 Å². The van der Waals surface area contributed by atoms with Gasteiger partial charge >= 0.3 is 0 Å². The summed E-state index contributed by atoms with van der Waals surface area (Å²) in [5.74, 6) is 0. The Morgan fingerprint density at radius 3 is 1.53 bits per heavy atom. The lowest BCUT2D eigenvalue weighted by atomic mass is 10.0. The molecule has 1 heterocycles. The second-order valence-corrected chi connectivity index (χ2v) is 8.85. The zero-order valence-corrected chi connectivity index (χ0v) is 12.1. The van der Waals surface area contributed by atoms with Gasteiger partial charge in [0.25, 0.3) is 0 Å². The maximum absolute atomic E-state index is 13.3. The van der Waals surface area contributed by atoms with Crippen LogP contribution in [0, 0.1) is 0 Å². The molecule has 1 aliphatic heterocycles. The Morgan fingerprint density at radius 1 is 0.789 bits per heavy atom. The number of hydrogen-bond donors (Lipinski definition) is 0. The molecule has 2 atom stereocenters. The van der Waals surface area contributed by atoms with Crippen LogP contribution in [-0.2, 0) is 4.57 Å². The molecule has 0 aliphatic carbocycles. The fraction of sp³-hybridized carbons (Fsp3) is 0.294. The summed E-state index contributed by atoms with van der Waals surface area (Å²) in [4.78, 5) is 0. The number of hydrogen-bond acceptors (Lipinski definition) is 1. The zero-order valence-electron chi connectivity index (χ0n) is 11.2. The molecule has 0 amide bonds. The minimum Gasteiger partial charge on any atom is -0.323 e. The van der Waals surface area contributed by atoms with Gasteiger partial charge < -0.3 is 4.57 Å². The van der Waals surface area contributed by atoms with Crippen LogP contribution >= 0.6 is 7.14 Å². The SMILES string of the molecule is CP1(=O)[C@@H](c2ccccc2)CC[C@@H]1c1ccccc1. The fourth-order valence-electron chi connectivity index (χ4n) is 3.32. The van der Waals surface area contributed by atoms with Crippen molar-refractivity contribution in [2.75, 3.05) is 6.66 Å². The van der Waals surface area contributed by atoms with Gasteiger partial charge in [-0.15, -0.1) is 0 Å². The van der Waals surface area contributed by atoms with E-state index in [1.54, 1.807) is 0 Å². The number of rotatable bonds is 2. The van der Waals surface area contributed by atoms with Crippen molar-refractivity contribution >= 4 is 7.14 Å². The van der Waals surface area contributed by atoms with Crippen molar-refractivity contribution < 1.29 is 4.57 Å². The van der Waals surface area contributed by atoms with Crippen molar-refractivity contribution in [1.29, 1.82) is 0 Å². The van der Waals surface area contributed by atoms with Crippen LogP contribution in [0.5, 0.6) is 0 Å². The van der Waals surface area contributed by atoms with E-state index in [1.807, 2.05) is 43.1 Å². The Hall–Kier alpha value is -1.33. The van der Waals surface area contributed by atoms with E-state index in [9.17, 15) is 4.57 Å². The molecule has 1 saturated heterocycles. The third-order valence-corrected chi connectivity index (χ3v) is 7.91. The van der Waals surface area contributed by atoms with Crippen LogP contribution in [0.2, 0.25) is 0 Å². The minimum atomic E-state index is -2.21. The first kappa shape index (κ1) is 12.7. The zero-order chi connectivity index (χ0) is 13.3. The lowest BCUT2D eigenvalue weighted by Gasteiger charge is -2.22. The van der Waals surface area contributed by atoms with Crippen LogP contribution in [0.15, 0.2) is 60.7 Å². The van der Waals surface area contributed by atoms with Crippen molar-refractivity contribution in [3.63, 3.8) is 0 Å². The highest BCUT2D eigenvalue weighted by Crippen LogP contribution is 2.74. The molecule has 0 N–H and O–H groups in total. The van der Waals surface area contributed by atoms with Gasteiger partial charge in [0.1, 0.15) is 0 Å². The molecule has 0 saturated carbocycles. The summed E-state index contributed by atoms with van der Waals surface area (Å²) < 4.78 is 13.3. The number of benzene rings is 2. The topological polar surface area (TPSA) is 17.1 Å². The van der Waals surface area contributed by atoms with E-state index < -0.39 is 7.14 Å². The highest BCUT2D eigenvalue weighted by atomic mass is 31.2. The van der Waals surface area contributed by atoms with E-state index in [-0.39, 0.29) is 11.3 Å². The first-order valence-electron chi connectivity index (χ1n) is 6.86. The molecule has 1 nitrogen and oxygen atoms in total. The highest BCUT2D eigenvalue weighted by Gasteiger charge is 2.43. The molecule has 2 heteroatoms. The first-order chi connectivity index (χ1) is 9.19. The Balaban J connectivity index is 1.95. The largest absolute Gasteiger partial charge is 0.323 e. The van der Waals surface area contributed by atoms with Crippen LogP contribution in [0.25, 0.3) is 0 Å². The van der Waals surface area contributed by atoms with Crippen LogP contribution in [-0.4, -0.2) is 6.66 Å². The minimum absolute atomic E-state index is 0.235. The smallest absolute Gasteiger partial charge is 0.0990 e. The fourth-order valence-corrected chi connectivity index (χ4v) is 6.61. The summed E-state index contributed by atoms with van der Waals surface area (Å²) in [6.07, 6.45) is 2.08. The van der Waals surface area contributed by atoms with Crippen LogP contribution < -0.4 is 0 Å². The Morgan fingerprint density at radius 2 is 1.16 bits per heavy atom. The molecule has 1 fully saturated rings. The third-order valence-electron chi connectivity index (χ3n) is 4.32. The van der Waals surface area contributed by atoms with E-state index in [0.29, 0.717) is 0 Å². The van der Waals surface area contributed by atoms with Crippen molar-refractivity contribution in [2.45, 2.75) is 24.2 Å². The molecule has 0 bridgehead atoms. The summed E-state index contributed by atoms with van der Waals surface area (Å²) in [6, 6.07) is 20.7. The van der Waals surface area contributed by atoms with E-state index >= 15 is 0 Å². The van der Waals surface area contributed by atoms with Gasteiger partial charge in [0.05, 0.1) is 7.14 Å². The molecule has 1 aliphatic rings. The summed E-state index contributed by atoms with van der Waals surface area (Å²) in [5.41, 5.74) is 2.95. The lowest BCUT2D eigenvalue weighted by molar-refractivity contribution is 0.571. The lowest BCUT2D eigenvalue weighted by Crippen LogP contribution is -1.97. The molecule has 0 spiro atoms. The van der Waals surface area contributed by atoms with E-state index in [4.69, 9.17) is 0 Å². The van der Waals surface area contributed by atoms with Crippen molar-refractivity contribution in [1.82, 2.24) is 0 Å². The van der Waals surface area contributed by atoms with Gasteiger partial charge in [-0.3, -0.25) is 0 Å². The summed E-state index contributed by atoms with van der Waals surface area (Å²) in [7, 11) is -2.21. The summed E-state index contributed by atoms with van der Waals surface area (Å²) in [6.45, 7) is 2.00. The maximum Gasteiger partial charge on any atom is 0.0990 e. The quantitative estimate of drug-likeness (QED) is 0.681. The van der Waals surface area contributed by atoms with Crippen molar-refractivity contribution in [2.24, 2.45) is 0 Å². The second-order valence-electron chi connectivity index (χ2n) is 5.49. The molecule has 0 radical (unpaired) electrons. The monoisotopic (exact) mass is 270 g/mol. The molecule has 0 aromatic heterocycles. The Kier molecular flexibility index (Phi) is 3.33. The predicted octanol–water partition coefficient (Wildman–Crippen LogP) is 5.26. The molecule has 19 heavy (non-hydrogen) atoms. The Labute approximate surface area is 115 Å². The van der Waals surface area contributed by atoms with Crippen LogP contribution in [0.4, 0.5) is 0 Å². The van der Waals surface area contributed by atoms with Gasteiger partial charge in [-0.1, -0.05) is 60.7 Å². The van der Waals surface area contributed by atoms with Crippen LogP contribution in [0.3, 0.4) is 0 Å². The molecule has 2 aromatic carbocycles. The first-order valence-corrected chi connectivity index (χ1v) is 9.15. The van der Waals surface area contributed by atoms with E-state index in [1.165, 1.54) is 11.1 Å². The molecular formula is C17H19OP. The predicted molar refractivity (Wildman–Crippen MR) is 81.1 cm³/mol. The second kappa shape index (κ2) is 4.98. The van der Waals surface area contributed by atoms with Gasteiger partial charge in [-0.05, 0) is 30.6 Å².